The summed E-state index contributed by atoms with van der Waals surface area (Å²) in [5.41, 5.74) is 12.9. The van der Waals surface area contributed by atoms with Gasteiger partial charge in [-0.2, -0.15) is 0 Å². The number of hydrogen-bond donors (Lipinski definition) is 0. The topological polar surface area (TPSA) is 45.7 Å². The van der Waals surface area contributed by atoms with E-state index in [0.29, 0.717) is 5.56 Å². The Morgan fingerprint density at radius 3 is 1.86 bits per heavy atom. The molecule has 0 radical (unpaired) electrons. The van der Waals surface area contributed by atoms with E-state index in [2.05, 4.69) is 156 Å². The van der Waals surface area contributed by atoms with Gasteiger partial charge in [0.05, 0.1) is 52.3 Å². The molecule has 5 nitrogen and oxygen atoms in total. The predicted octanol–water partition coefficient (Wildman–Crippen LogP) is 12.1. The van der Waals surface area contributed by atoms with Gasteiger partial charge in [0.1, 0.15) is 0 Å². The number of carbonyl (C=O) groups excluding carboxylic acids is 1. The lowest BCUT2D eigenvalue weighted by molar-refractivity contribution is 0.0600. The maximum atomic E-state index is 12.3. The molecule has 7 aromatic carbocycles. The van der Waals surface area contributed by atoms with Gasteiger partial charge in [-0.3, -0.25) is 0 Å². The molecule has 1 aliphatic rings. The number of fused-ring (bicyclic) bond motifs is 4. The summed E-state index contributed by atoms with van der Waals surface area (Å²) in [7, 11) is 1.40. The molecule has 1 aliphatic heterocycles. The van der Waals surface area contributed by atoms with Crippen LogP contribution in [0.4, 0.5) is 34.1 Å². The van der Waals surface area contributed by atoms with Gasteiger partial charge in [-0.25, -0.2) is 9.78 Å². The first-order valence-corrected chi connectivity index (χ1v) is 17.1. The minimum absolute atomic E-state index is 0.366. The number of nitrogens with zero attached hydrogens (tertiary/aromatic N) is 3. The van der Waals surface area contributed by atoms with Crippen molar-refractivity contribution in [3.63, 3.8) is 0 Å². The van der Waals surface area contributed by atoms with Crippen LogP contribution in [0.1, 0.15) is 15.9 Å². The molecule has 0 unspecified atom stereocenters. The number of rotatable bonds is 5. The summed E-state index contributed by atoms with van der Waals surface area (Å²) < 4.78 is 4.98. The fourth-order valence-corrected chi connectivity index (χ4v) is 7.45. The average molecular weight is 660 g/mol. The molecule has 1 aromatic heterocycles. The van der Waals surface area contributed by atoms with Gasteiger partial charge >= 0.3 is 5.97 Å². The number of pyridine rings is 1. The molecule has 0 saturated heterocycles. The molecule has 0 spiro atoms. The van der Waals surface area contributed by atoms with E-state index < -0.39 is 0 Å². The second kappa shape index (κ2) is 12.3. The Morgan fingerprint density at radius 1 is 0.569 bits per heavy atom. The second-order valence-corrected chi connectivity index (χ2v) is 12.8. The van der Waals surface area contributed by atoms with Crippen molar-refractivity contribution in [3.05, 3.63) is 175 Å². The summed E-state index contributed by atoms with van der Waals surface area (Å²) in [5, 5.41) is 3.45. The molecule has 5 heteroatoms. The van der Waals surface area contributed by atoms with Crippen LogP contribution in [0, 0.1) is 6.92 Å². The van der Waals surface area contributed by atoms with Crippen LogP contribution in [0.5, 0.6) is 0 Å². The minimum Gasteiger partial charge on any atom is -0.465 e. The third-order valence-corrected chi connectivity index (χ3v) is 9.81. The monoisotopic (exact) mass is 659 g/mol. The van der Waals surface area contributed by atoms with Crippen molar-refractivity contribution in [2.24, 2.45) is 0 Å². The Kier molecular flexibility index (Phi) is 7.32. The van der Waals surface area contributed by atoms with Gasteiger partial charge in [0.2, 0.25) is 0 Å². The molecule has 244 valence electrons. The fraction of sp³-hybridized carbons (Fsp3) is 0.0435. The number of benzene rings is 7. The van der Waals surface area contributed by atoms with Crippen molar-refractivity contribution in [2.45, 2.75) is 6.92 Å². The molecule has 0 bridgehead atoms. The standard InChI is InChI=1S/C46H33N3O2/c1-30-23-28-43(49-41-21-10-8-19-39(41)48(34-15-4-3-5-16-34)40-20-9-11-22-42(40)49)45-44(30)37(36-18-12-14-31-13-6-7-17-35(31)36)29-38(47-45)32-24-26-33(27-25-32)46(50)51-2/h3-29H,1-2H3. The summed E-state index contributed by atoms with van der Waals surface area (Å²) in [6.07, 6.45) is 0. The number of methoxy groups -OCH3 is 1. The van der Waals surface area contributed by atoms with Crippen molar-refractivity contribution < 1.29 is 9.53 Å². The SMILES string of the molecule is COC(=O)c1ccc(-c2cc(-c3cccc4ccccc34)c3c(C)ccc(N4c5ccccc5N(c5ccccc5)c5ccccc54)c3n2)cc1. The van der Waals surface area contributed by atoms with E-state index in [1.807, 2.05) is 12.1 Å². The Morgan fingerprint density at radius 2 is 1.18 bits per heavy atom. The molecular formula is C46H33N3O2. The number of anilines is 6. The number of hydrogen-bond acceptors (Lipinski definition) is 5. The molecule has 2 heterocycles. The third kappa shape index (κ3) is 5.01. The third-order valence-electron chi connectivity index (χ3n) is 9.81. The quantitative estimate of drug-likeness (QED) is 0.172. The maximum Gasteiger partial charge on any atom is 0.337 e. The van der Waals surface area contributed by atoms with Crippen molar-refractivity contribution in [1.29, 1.82) is 0 Å². The highest BCUT2D eigenvalue weighted by atomic mass is 16.5. The zero-order valence-corrected chi connectivity index (χ0v) is 28.2. The molecule has 0 atom stereocenters. The fourth-order valence-electron chi connectivity index (χ4n) is 7.45. The molecule has 51 heavy (non-hydrogen) atoms. The van der Waals surface area contributed by atoms with Crippen LogP contribution in [0.25, 0.3) is 44.1 Å². The van der Waals surface area contributed by atoms with Crippen LogP contribution in [0.15, 0.2) is 164 Å². The summed E-state index contributed by atoms with van der Waals surface area (Å²) >= 11 is 0. The van der Waals surface area contributed by atoms with E-state index in [1.165, 1.54) is 17.9 Å². The molecule has 0 N–H and O–H groups in total. The van der Waals surface area contributed by atoms with Gasteiger partial charge in [-0.15, -0.1) is 0 Å². The lowest BCUT2D eigenvalue weighted by atomic mass is 9.91. The molecule has 0 aliphatic carbocycles. The van der Waals surface area contributed by atoms with Crippen LogP contribution in [-0.2, 0) is 4.74 Å². The molecule has 9 rings (SSSR count). The molecule has 0 saturated carbocycles. The van der Waals surface area contributed by atoms with E-state index in [4.69, 9.17) is 9.72 Å². The first-order valence-electron chi connectivity index (χ1n) is 17.1. The first kappa shape index (κ1) is 30.3. The average Bonchev–Trinajstić information content (AvgIpc) is 3.19. The normalized spacial score (nSPS) is 12.1. The van der Waals surface area contributed by atoms with Crippen LogP contribution in [0.3, 0.4) is 0 Å². The van der Waals surface area contributed by atoms with E-state index in [0.717, 1.165) is 73.0 Å². The summed E-state index contributed by atoms with van der Waals surface area (Å²) in [6.45, 7) is 2.17. The Hall–Kier alpha value is -6.72. The Labute approximate surface area is 296 Å². The van der Waals surface area contributed by atoms with Crippen molar-refractivity contribution in [2.75, 3.05) is 16.9 Å². The smallest absolute Gasteiger partial charge is 0.337 e. The zero-order chi connectivity index (χ0) is 34.5. The van der Waals surface area contributed by atoms with E-state index in [-0.39, 0.29) is 5.97 Å². The van der Waals surface area contributed by atoms with Gasteiger partial charge in [-0.1, -0.05) is 103 Å². The molecule has 8 aromatic rings. The van der Waals surface area contributed by atoms with Gasteiger partial charge in [-0.05, 0) is 95.1 Å². The number of aromatic nitrogens is 1. The van der Waals surface area contributed by atoms with Gasteiger partial charge < -0.3 is 14.5 Å². The Balaban J connectivity index is 1.35. The van der Waals surface area contributed by atoms with E-state index in [9.17, 15) is 4.79 Å². The summed E-state index contributed by atoms with van der Waals surface area (Å²) in [6, 6.07) is 56.8. The Bertz CT molecular complexity index is 2560. The summed E-state index contributed by atoms with van der Waals surface area (Å²) in [4.78, 5) is 22.5. The highest BCUT2D eigenvalue weighted by Crippen LogP contribution is 2.55. The predicted molar refractivity (Wildman–Crippen MR) is 209 cm³/mol. The van der Waals surface area contributed by atoms with E-state index >= 15 is 0 Å². The lowest BCUT2D eigenvalue weighted by Gasteiger charge is -2.40. The maximum absolute atomic E-state index is 12.3. The van der Waals surface area contributed by atoms with E-state index in [1.54, 1.807) is 12.1 Å². The number of aryl methyl sites for hydroxylation is 1. The number of esters is 1. The number of ether oxygens (including phenoxy) is 1. The summed E-state index contributed by atoms with van der Waals surface area (Å²) in [5.74, 6) is -0.366. The van der Waals surface area contributed by atoms with Crippen molar-refractivity contribution in [1.82, 2.24) is 4.98 Å². The van der Waals surface area contributed by atoms with Crippen molar-refractivity contribution in [3.8, 4) is 22.4 Å². The highest BCUT2D eigenvalue weighted by Gasteiger charge is 2.31. The van der Waals surface area contributed by atoms with Crippen LogP contribution in [-0.4, -0.2) is 18.1 Å². The highest BCUT2D eigenvalue weighted by molar-refractivity contribution is 6.12. The van der Waals surface area contributed by atoms with Gasteiger partial charge in [0, 0.05) is 16.6 Å². The number of carbonyl (C=O) groups is 1. The molecular weight excluding hydrogens is 627 g/mol. The minimum atomic E-state index is -0.366. The zero-order valence-electron chi connectivity index (χ0n) is 28.2. The lowest BCUT2D eigenvalue weighted by Crippen LogP contribution is -2.24. The van der Waals surface area contributed by atoms with Crippen LogP contribution < -0.4 is 9.80 Å². The van der Waals surface area contributed by atoms with Crippen LogP contribution >= 0.6 is 0 Å². The van der Waals surface area contributed by atoms with Gasteiger partial charge in [0.25, 0.3) is 0 Å². The first-order chi connectivity index (χ1) is 25.1. The van der Waals surface area contributed by atoms with Gasteiger partial charge in [0.15, 0.2) is 0 Å². The molecule has 0 fully saturated rings. The molecule has 0 amide bonds. The largest absolute Gasteiger partial charge is 0.465 e. The van der Waals surface area contributed by atoms with Crippen LogP contribution in [0.2, 0.25) is 0 Å². The second-order valence-electron chi connectivity index (χ2n) is 12.8. The number of para-hydroxylation sites is 5. The van der Waals surface area contributed by atoms with Crippen molar-refractivity contribution >= 4 is 61.8 Å².